The van der Waals surface area contributed by atoms with Crippen molar-refractivity contribution in [3.63, 3.8) is 0 Å². The first-order valence-corrected chi connectivity index (χ1v) is 5.13. The molecule has 3 nitrogen and oxygen atoms in total. The Morgan fingerprint density at radius 1 is 1.27 bits per heavy atom. The molecule has 0 aliphatic carbocycles. The Kier molecular flexibility index (Phi) is 3.02. The van der Waals surface area contributed by atoms with Crippen LogP contribution in [0.3, 0.4) is 0 Å². The first kappa shape index (κ1) is 9.77. The van der Waals surface area contributed by atoms with Crippen LogP contribution < -0.4 is 4.74 Å². The van der Waals surface area contributed by atoms with Crippen molar-refractivity contribution in [3.8, 4) is 17.0 Å². The van der Waals surface area contributed by atoms with Gasteiger partial charge in [-0.2, -0.15) is 5.10 Å². The number of nitrogens with zero attached hydrogens (tertiary/aromatic N) is 1. The van der Waals surface area contributed by atoms with Crippen LogP contribution >= 0.6 is 0 Å². The summed E-state index contributed by atoms with van der Waals surface area (Å²) in [6, 6.07) is 10.1. The van der Waals surface area contributed by atoms with Crippen LogP contribution in [0.15, 0.2) is 36.5 Å². The van der Waals surface area contributed by atoms with Crippen molar-refractivity contribution in [2.75, 3.05) is 6.61 Å². The van der Waals surface area contributed by atoms with Crippen molar-refractivity contribution in [2.45, 2.75) is 13.3 Å². The van der Waals surface area contributed by atoms with Gasteiger partial charge in [0.1, 0.15) is 5.69 Å². The number of benzene rings is 1. The molecule has 0 bridgehead atoms. The predicted octanol–water partition coefficient (Wildman–Crippen LogP) is 2.87. The maximum atomic E-state index is 5.59. The number of hydrogen-bond acceptors (Lipinski definition) is 2. The highest BCUT2D eigenvalue weighted by Gasteiger charge is 2.07. The van der Waals surface area contributed by atoms with Crippen molar-refractivity contribution in [2.24, 2.45) is 0 Å². The van der Waals surface area contributed by atoms with E-state index in [1.807, 2.05) is 30.3 Å². The minimum Gasteiger partial charge on any atom is -0.490 e. The van der Waals surface area contributed by atoms with Crippen molar-refractivity contribution in [1.29, 1.82) is 0 Å². The number of rotatable bonds is 4. The lowest BCUT2D eigenvalue weighted by atomic mass is 10.1. The van der Waals surface area contributed by atoms with Gasteiger partial charge < -0.3 is 4.74 Å². The fourth-order valence-electron chi connectivity index (χ4n) is 1.41. The van der Waals surface area contributed by atoms with E-state index in [1.165, 1.54) is 0 Å². The van der Waals surface area contributed by atoms with E-state index in [1.54, 1.807) is 6.20 Å². The Labute approximate surface area is 89.1 Å². The summed E-state index contributed by atoms with van der Waals surface area (Å²) in [4.78, 5) is 0. The monoisotopic (exact) mass is 202 g/mol. The molecule has 0 aliphatic heterocycles. The first-order chi connectivity index (χ1) is 7.42. The minimum atomic E-state index is 0.722. The lowest BCUT2D eigenvalue weighted by molar-refractivity contribution is 0.319. The van der Waals surface area contributed by atoms with E-state index in [0.717, 1.165) is 30.0 Å². The largest absolute Gasteiger partial charge is 0.490 e. The van der Waals surface area contributed by atoms with Crippen LogP contribution in [0.4, 0.5) is 0 Å². The Bertz CT molecular complexity index is 409. The van der Waals surface area contributed by atoms with Crippen LogP contribution in [0.25, 0.3) is 11.3 Å². The van der Waals surface area contributed by atoms with Gasteiger partial charge in [-0.25, -0.2) is 0 Å². The normalized spacial score (nSPS) is 10.2. The molecular weight excluding hydrogens is 188 g/mol. The average Bonchev–Trinajstić information content (AvgIpc) is 2.75. The third kappa shape index (κ3) is 2.18. The highest BCUT2D eigenvalue weighted by Crippen LogP contribution is 2.26. The number of aromatic amines is 1. The maximum Gasteiger partial charge on any atom is 0.164 e. The number of hydrogen-bond donors (Lipinski definition) is 1. The summed E-state index contributed by atoms with van der Waals surface area (Å²) >= 11 is 0. The van der Waals surface area contributed by atoms with E-state index in [2.05, 4.69) is 17.1 Å². The molecule has 0 saturated carbocycles. The van der Waals surface area contributed by atoms with Crippen molar-refractivity contribution >= 4 is 0 Å². The van der Waals surface area contributed by atoms with Gasteiger partial charge in [-0.05, 0) is 6.42 Å². The maximum absolute atomic E-state index is 5.59. The molecule has 0 saturated heterocycles. The molecule has 0 radical (unpaired) electrons. The summed E-state index contributed by atoms with van der Waals surface area (Å²) in [7, 11) is 0. The van der Waals surface area contributed by atoms with Crippen molar-refractivity contribution in [3.05, 3.63) is 36.5 Å². The Hall–Kier alpha value is -1.77. The van der Waals surface area contributed by atoms with Gasteiger partial charge in [0.25, 0.3) is 0 Å². The summed E-state index contributed by atoms with van der Waals surface area (Å²) in [5.41, 5.74) is 2.05. The topological polar surface area (TPSA) is 37.9 Å². The number of H-pyrrole nitrogens is 1. The quantitative estimate of drug-likeness (QED) is 0.827. The summed E-state index contributed by atoms with van der Waals surface area (Å²) in [5.74, 6) is 0.822. The lowest BCUT2D eigenvalue weighted by Crippen LogP contribution is -1.95. The number of ether oxygens (including phenoxy) is 1. The summed E-state index contributed by atoms with van der Waals surface area (Å²) in [6.45, 7) is 2.81. The fraction of sp³-hybridized carbons (Fsp3) is 0.250. The molecule has 1 aromatic carbocycles. The Morgan fingerprint density at radius 3 is 2.80 bits per heavy atom. The van der Waals surface area contributed by atoms with Gasteiger partial charge in [-0.1, -0.05) is 37.3 Å². The van der Waals surface area contributed by atoms with Gasteiger partial charge in [0.2, 0.25) is 0 Å². The average molecular weight is 202 g/mol. The Morgan fingerprint density at radius 2 is 2.07 bits per heavy atom. The van der Waals surface area contributed by atoms with Crippen LogP contribution in [-0.4, -0.2) is 16.8 Å². The predicted molar refractivity (Wildman–Crippen MR) is 59.8 cm³/mol. The van der Waals surface area contributed by atoms with E-state index in [-0.39, 0.29) is 0 Å². The molecule has 1 aromatic heterocycles. The molecule has 0 fully saturated rings. The van der Waals surface area contributed by atoms with Crippen LogP contribution in [0.1, 0.15) is 13.3 Å². The van der Waals surface area contributed by atoms with E-state index >= 15 is 0 Å². The molecule has 0 atom stereocenters. The lowest BCUT2D eigenvalue weighted by Gasteiger charge is -2.04. The van der Waals surface area contributed by atoms with Gasteiger partial charge in [-0.3, -0.25) is 5.10 Å². The van der Waals surface area contributed by atoms with E-state index < -0.39 is 0 Å². The molecule has 3 heteroatoms. The van der Waals surface area contributed by atoms with Crippen LogP contribution in [-0.2, 0) is 0 Å². The highest BCUT2D eigenvalue weighted by molar-refractivity contribution is 5.65. The standard InChI is InChI=1S/C12H14N2O/c1-2-8-15-11-9-13-14-12(11)10-6-4-3-5-7-10/h3-7,9H,2,8H2,1H3,(H,13,14). The molecule has 15 heavy (non-hydrogen) atoms. The van der Waals surface area contributed by atoms with Crippen molar-refractivity contribution in [1.82, 2.24) is 10.2 Å². The molecule has 78 valence electrons. The second kappa shape index (κ2) is 4.64. The molecular formula is C12H14N2O. The smallest absolute Gasteiger partial charge is 0.164 e. The SMILES string of the molecule is CCCOc1cn[nH]c1-c1ccccc1. The second-order valence-electron chi connectivity index (χ2n) is 3.32. The third-order valence-corrected chi connectivity index (χ3v) is 2.13. The fourth-order valence-corrected chi connectivity index (χ4v) is 1.41. The van der Waals surface area contributed by atoms with E-state index in [9.17, 15) is 0 Å². The molecule has 2 rings (SSSR count). The molecule has 0 unspecified atom stereocenters. The van der Waals surface area contributed by atoms with Gasteiger partial charge in [-0.15, -0.1) is 0 Å². The third-order valence-electron chi connectivity index (χ3n) is 2.13. The first-order valence-electron chi connectivity index (χ1n) is 5.13. The molecule has 0 amide bonds. The zero-order chi connectivity index (χ0) is 10.5. The molecule has 1 N–H and O–H groups in total. The molecule has 1 heterocycles. The van der Waals surface area contributed by atoms with Gasteiger partial charge in [0.05, 0.1) is 12.8 Å². The van der Waals surface area contributed by atoms with Gasteiger partial charge in [0.15, 0.2) is 5.75 Å². The van der Waals surface area contributed by atoms with Crippen LogP contribution in [0.2, 0.25) is 0 Å². The number of aromatic nitrogens is 2. The second-order valence-corrected chi connectivity index (χ2v) is 3.32. The zero-order valence-electron chi connectivity index (χ0n) is 8.73. The molecule has 0 spiro atoms. The number of nitrogens with one attached hydrogen (secondary N) is 1. The van der Waals surface area contributed by atoms with Gasteiger partial charge in [0, 0.05) is 5.56 Å². The zero-order valence-corrected chi connectivity index (χ0v) is 8.73. The molecule has 0 aliphatic rings. The highest BCUT2D eigenvalue weighted by atomic mass is 16.5. The van der Waals surface area contributed by atoms with E-state index in [0.29, 0.717) is 0 Å². The summed E-state index contributed by atoms with van der Waals surface area (Å²) in [5, 5.41) is 6.96. The van der Waals surface area contributed by atoms with Crippen LogP contribution in [0.5, 0.6) is 5.75 Å². The summed E-state index contributed by atoms with van der Waals surface area (Å²) < 4.78 is 5.59. The molecule has 2 aromatic rings. The summed E-state index contributed by atoms with van der Waals surface area (Å²) in [6.07, 6.45) is 2.72. The van der Waals surface area contributed by atoms with Crippen molar-refractivity contribution < 1.29 is 4.74 Å². The minimum absolute atomic E-state index is 0.722. The van der Waals surface area contributed by atoms with E-state index in [4.69, 9.17) is 4.74 Å². The van der Waals surface area contributed by atoms with Crippen LogP contribution in [0, 0.1) is 0 Å². The van der Waals surface area contributed by atoms with Gasteiger partial charge >= 0.3 is 0 Å². The Balaban J connectivity index is 2.25.